The highest BCUT2D eigenvalue weighted by molar-refractivity contribution is 5.47. The maximum Gasteiger partial charge on any atom is 0.330 e. The van der Waals surface area contributed by atoms with Crippen LogP contribution in [-0.4, -0.2) is 22.3 Å². The Balaban J connectivity index is 1.48. The molecule has 0 saturated heterocycles. The Labute approximate surface area is 203 Å². The second-order valence-electron chi connectivity index (χ2n) is 8.52. The van der Waals surface area contributed by atoms with Crippen LogP contribution in [0.4, 0.5) is 0 Å². The molecule has 0 bridgehead atoms. The SMILES string of the molecule is Cc1cn(C2C=C[C@@H](COC(c3ccccc3)(c3ccccc3)c3ccccc3)O2)c(=O)[nH]c1=O. The summed E-state index contributed by atoms with van der Waals surface area (Å²) < 4.78 is 14.3. The van der Waals surface area contributed by atoms with Crippen LogP contribution in [-0.2, 0) is 15.1 Å². The number of aromatic nitrogens is 2. The molecule has 0 fully saturated rings. The standard InChI is InChI=1S/C29H26N2O4/c1-21-19-31(28(33)30-27(21)32)26-18-17-25(35-26)20-34-29(22-11-5-2-6-12-22,23-13-7-3-8-14-23)24-15-9-4-10-16-24/h2-19,25-26H,20H2,1H3,(H,30,32,33)/t25-,26?/m0/s1. The number of aryl methyl sites for hydroxylation is 1. The van der Waals surface area contributed by atoms with Crippen LogP contribution >= 0.6 is 0 Å². The zero-order valence-electron chi connectivity index (χ0n) is 19.3. The summed E-state index contributed by atoms with van der Waals surface area (Å²) in [5, 5.41) is 0. The third-order valence-corrected chi connectivity index (χ3v) is 6.23. The number of H-pyrrole nitrogens is 1. The van der Waals surface area contributed by atoms with Gasteiger partial charge in [0.2, 0.25) is 0 Å². The van der Waals surface area contributed by atoms with E-state index in [1.807, 2.05) is 66.7 Å². The fraction of sp³-hybridized carbons (Fsp3) is 0.172. The van der Waals surface area contributed by atoms with Crippen LogP contribution in [0, 0.1) is 6.92 Å². The molecule has 1 aliphatic rings. The Morgan fingerprint density at radius 3 is 1.86 bits per heavy atom. The highest BCUT2D eigenvalue weighted by Crippen LogP contribution is 2.41. The van der Waals surface area contributed by atoms with Crippen molar-refractivity contribution >= 4 is 0 Å². The lowest BCUT2D eigenvalue weighted by Crippen LogP contribution is -2.36. The van der Waals surface area contributed by atoms with Crippen LogP contribution in [0.3, 0.4) is 0 Å². The van der Waals surface area contributed by atoms with Crippen molar-refractivity contribution in [3.63, 3.8) is 0 Å². The van der Waals surface area contributed by atoms with Crippen molar-refractivity contribution in [2.75, 3.05) is 6.61 Å². The van der Waals surface area contributed by atoms with E-state index in [4.69, 9.17) is 9.47 Å². The maximum absolute atomic E-state index is 12.3. The van der Waals surface area contributed by atoms with Crippen molar-refractivity contribution in [1.29, 1.82) is 0 Å². The van der Waals surface area contributed by atoms with Crippen molar-refractivity contribution in [2.24, 2.45) is 0 Å². The molecule has 1 aliphatic heterocycles. The van der Waals surface area contributed by atoms with E-state index in [-0.39, 0.29) is 12.7 Å². The summed E-state index contributed by atoms with van der Waals surface area (Å²) in [7, 11) is 0. The molecule has 6 heteroatoms. The Morgan fingerprint density at radius 2 is 1.34 bits per heavy atom. The molecular formula is C29H26N2O4. The third kappa shape index (κ3) is 4.41. The first kappa shape index (κ1) is 22.8. The van der Waals surface area contributed by atoms with E-state index >= 15 is 0 Å². The number of nitrogens with one attached hydrogen (secondary N) is 1. The van der Waals surface area contributed by atoms with Crippen molar-refractivity contribution in [2.45, 2.75) is 24.9 Å². The monoisotopic (exact) mass is 466 g/mol. The minimum atomic E-state index is -0.857. The number of nitrogens with zero attached hydrogens (tertiary/aromatic N) is 1. The van der Waals surface area contributed by atoms with Crippen molar-refractivity contribution in [3.8, 4) is 0 Å². The molecule has 0 spiro atoms. The number of hydrogen-bond donors (Lipinski definition) is 1. The first-order valence-corrected chi connectivity index (χ1v) is 11.5. The zero-order valence-corrected chi connectivity index (χ0v) is 19.3. The molecule has 1 N–H and O–H groups in total. The van der Waals surface area contributed by atoms with Gasteiger partial charge in [0.25, 0.3) is 5.56 Å². The molecule has 1 unspecified atom stereocenters. The number of rotatable bonds is 7. The zero-order chi connectivity index (χ0) is 24.3. The minimum absolute atomic E-state index is 0.253. The second kappa shape index (κ2) is 9.70. The lowest BCUT2D eigenvalue weighted by Gasteiger charge is -2.36. The summed E-state index contributed by atoms with van der Waals surface area (Å²) in [4.78, 5) is 26.4. The lowest BCUT2D eigenvalue weighted by atomic mass is 9.80. The summed E-state index contributed by atoms with van der Waals surface area (Å²) in [5.74, 6) is 0. The van der Waals surface area contributed by atoms with Crippen LogP contribution in [0.2, 0.25) is 0 Å². The highest BCUT2D eigenvalue weighted by atomic mass is 16.6. The Morgan fingerprint density at radius 1 is 0.829 bits per heavy atom. The van der Waals surface area contributed by atoms with Crippen LogP contribution in [0.1, 0.15) is 28.5 Å². The normalized spacial score (nSPS) is 17.5. The van der Waals surface area contributed by atoms with Gasteiger partial charge < -0.3 is 9.47 Å². The van der Waals surface area contributed by atoms with E-state index in [0.717, 1.165) is 16.7 Å². The van der Waals surface area contributed by atoms with Gasteiger partial charge in [-0.05, 0) is 29.7 Å². The number of hydrogen-bond acceptors (Lipinski definition) is 4. The molecule has 0 amide bonds. The quantitative estimate of drug-likeness (QED) is 0.325. The molecule has 0 saturated carbocycles. The predicted molar refractivity (Wildman–Crippen MR) is 134 cm³/mol. The molecule has 176 valence electrons. The Kier molecular flexibility index (Phi) is 6.31. The molecule has 4 aromatic rings. The molecule has 0 aliphatic carbocycles. The number of benzene rings is 3. The molecule has 1 aromatic heterocycles. The largest absolute Gasteiger partial charge is 0.358 e. The van der Waals surface area contributed by atoms with E-state index in [9.17, 15) is 9.59 Å². The molecule has 2 heterocycles. The fourth-order valence-electron chi connectivity index (χ4n) is 4.49. The smallest absolute Gasteiger partial charge is 0.330 e. The average molecular weight is 467 g/mol. The van der Waals surface area contributed by atoms with E-state index < -0.39 is 23.1 Å². The van der Waals surface area contributed by atoms with Gasteiger partial charge in [0, 0.05) is 11.8 Å². The van der Waals surface area contributed by atoms with E-state index in [1.54, 1.807) is 6.92 Å². The molecular weight excluding hydrogens is 440 g/mol. The van der Waals surface area contributed by atoms with Gasteiger partial charge in [0.1, 0.15) is 11.7 Å². The summed E-state index contributed by atoms with van der Waals surface area (Å²) in [6.45, 7) is 1.91. The Hall–Kier alpha value is -4.00. The molecule has 3 aromatic carbocycles. The molecule has 0 radical (unpaired) electrons. The molecule has 5 rings (SSSR count). The number of aromatic amines is 1. The van der Waals surface area contributed by atoms with E-state index in [0.29, 0.717) is 5.56 Å². The van der Waals surface area contributed by atoms with Crippen molar-refractivity contribution in [3.05, 3.63) is 152 Å². The van der Waals surface area contributed by atoms with Gasteiger partial charge in [-0.3, -0.25) is 14.3 Å². The van der Waals surface area contributed by atoms with Crippen LogP contribution in [0.15, 0.2) is 119 Å². The summed E-state index contributed by atoms with van der Waals surface area (Å²) in [6, 6.07) is 30.4. The molecule has 2 atom stereocenters. The second-order valence-corrected chi connectivity index (χ2v) is 8.52. The third-order valence-electron chi connectivity index (χ3n) is 6.23. The molecule has 35 heavy (non-hydrogen) atoms. The maximum atomic E-state index is 12.3. The van der Waals surface area contributed by atoms with Crippen LogP contribution in [0.25, 0.3) is 0 Å². The van der Waals surface area contributed by atoms with Gasteiger partial charge in [-0.2, -0.15) is 0 Å². The van der Waals surface area contributed by atoms with Gasteiger partial charge in [0.05, 0.1) is 6.61 Å². The first-order chi connectivity index (χ1) is 17.1. The highest BCUT2D eigenvalue weighted by Gasteiger charge is 2.38. The van der Waals surface area contributed by atoms with Gasteiger partial charge in [0.15, 0.2) is 6.23 Å². The van der Waals surface area contributed by atoms with E-state index in [1.165, 1.54) is 10.8 Å². The van der Waals surface area contributed by atoms with Gasteiger partial charge >= 0.3 is 5.69 Å². The Bertz CT molecular complexity index is 1330. The number of ether oxygens (including phenoxy) is 2. The summed E-state index contributed by atoms with van der Waals surface area (Å²) in [5.41, 5.74) is 1.69. The topological polar surface area (TPSA) is 73.3 Å². The van der Waals surface area contributed by atoms with Gasteiger partial charge in [-0.15, -0.1) is 0 Å². The first-order valence-electron chi connectivity index (χ1n) is 11.5. The van der Waals surface area contributed by atoms with Crippen LogP contribution in [0.5, 0.6) is 0 Å². The minimum Gasteiger partial charge on any atom is -0.358 e. The van der Waals surface area contributed by atoms with Crippen molar-refractivity contribution < 1.29 is 9.47 Å². The summed E-state index contributed by atoms with van der Waals surface area (Å²) >= 11 is 0. The predicted octanol–water partition coefficient (Wildman–Crippen LogP) is 4.31. The molecule has 6 nitrogen and oxygen atoms in total. The van der Waals surface area contributed by atoms with Gasteiger partial charge in [-0.25, -0.2) is 4.79 Å². The summed E-state index contributed by atoms with van der Waals surface area (Å²) in [6.07, 6.45) is 4.22. The lowest BCUT2D eigenvalue weighted by molar-refractivity contribution is -0.0685. The van der Waals surface area contributed by atoms with E-state index in [2.05, 4.69) is 41.4 Å². The average Bonchev–Trinajstić information content (AvgIpc) is 3.37. The fourth-order valence-corrected chi connectivity index (χ4v) is 4.49. The van der Waals surface area contributed by atoms with Gasteiger partial charge in [-0.1, -0.05) is 97.1 Å². The van der Waals surface area contributed by atoms with Crippen molar-refractivity contribution in [1.82, 2.24) is 9.55 Å². The van der Waals surface area contributed by atoms with Crippen LogP contribution < -0.4 is 11.2 Å².